The number of hydrogen-bond donors (Lipinski definition) is 3. The second kappa shape index (κ2) is 5.70. The van der Waals surface area contributed by atoms with Crippen molar-refractivity contribution >= 4 is 27.1 Å². The number of benzene rings is 1. The van der Waals surface area contributed by atoms with Gasteiger partial charge in [-0.25, -0.2) is 8.42 Å². The molecule has 0 spiro atoms. The number of rotatable bonds is 4. The zero-order chi connectivity index (χ0) is 14.8. The molecular formula is C13H19N3O3S. The van der Waals surface area contributed by atoms with E-state index in [0.29, 0.717) is 29.9 Å². The van der Waals surface area contributed by atoms with Crippen LogP contribution < -0.4 is 16.4 Å². The Kier molecular flexibility index (Phi) is 4.17. The smallest absolute Gasteiger partial charge is 0.253 e. The average molecular weight is 297 g/mol. The monoisotopic (exact) mass is 297 g/mol. The van der Waals surface area contributed by atoms with Gasteiger partial charge in [-0.2, -0.15) is 0 Å². The van der Waals surface area contributed by atoms with Crippen LogP contribution in [0.1, 0.15) is 23.7 Å². The summed E-state index contributed by atoms with van der Waals surface area (Å²) in [6, 6.07) is 4.79. The van der Waals surface area contributed by atoms with Crippen LogP contribution in [0.2, 0.25) is 0 Å². The summed E-state index contributed by atoms with van der Waals surface area (Å²) in [7, 11) is -2.96. The summed E-state index contributed by atoms with van der Waals surface area (Å²) in [5, 5.41) is 5.85. The molecule has 1 aliphatic rings. The molecule has 0 bridgehead atoms. The van der Waals surface area contributed by atoms with Crippen molar-refractivity contribution in [3.05, 3.63) is 23.8 Å². The molecule has 7 heteroatoms. The number of nitrogens with two attached hydrogens (primary N) is 1. The first kappa shape index (κ1) is 14.6. The molecule has 1 saturated heterocycles. The van der Waals surface area contributed by atoms with Gasteiger partial charge in [-0.3, -0.25) is 4.79 Å². The average Bonchev–Trinajstić information content (AvgIpc) is 2.69. The molecule has 1 atom stereocenters. The third-order valence-corrected chi connectivity index (χ3v) is 4.99. The first-order chi connectivity index (χ1) is 9.41. The number of anilines is 2. The Balaban J connectivity index is 2.22. The van der Waals surface area contributed by atoms with Crippen molar-refractivity contribution in [1.82, 2.24) is 5.32 Å². The maximum atomic E-state index is 12.0. The lowest BCUT2D eigenvalue weighted by Crippen LogP contribution is -2.26. The Morgan fingerprint density at radius 2 is 2.20 bits per heavy atom. The predicted molar refractivity (Wildman–Crippen MR) is 79.5 cm³/mol. The molecule has 0 aromatic heterocycles. The van der Waals surface area contributed by atoms with Crippen LogP contribution >= 0.6 is 0 Å². The maximum absolute atomic E-state index is 12.0. The first-order valence-corrected chi connectivity index (χ1v) is 8.38. The van der Waals surface area contributed by atoms with E-state index < -0.39 is 9.84 Å². The van der Waals surface area contributed by atoms with Gasteiger partial charge in [0.1, 0.15) is 0 Å². The van der Waals surface area contributed by atoms with Crippen LogP contribution in [0.5, 0.6) is 0 Å². The second-order valence-electron chi connectivity index (χ2n) is 4.91. The normalized spacial score (nSPS) is 20.6. The standard InChI is InChI=1S/C13H19N3O3S/c1-2-15-13(17)11-4-3-9(14)7-12(11)16-10-5-6-20(18,19)8-10/h3-4,7,10,16H,2,5-6,8,14H2,1H3,(H,15,17). The van der Waals surface area contributed by atoms with Crippen LogP contribution in [0.15, 0.2) is 18.2 Å². The summed E-state index contributed by atoms with van der Waals surface area (Å²) in [5.74, 6) is 0.0796. The van der Waals surface area contributed by atoms with Crippen molar-refractivity contribution in [2.24, 2.45) is 0 Å². The van der Waals surface area contributed by atoms with Crippen molar-refractivity contribution < 1.29 is 13.2 Å². The molecular weight excluding hydrogens is 278 g/mol. The van der Waals surface area contributed by atoms with E-state index in [0.717, 1.165) is 0 Å². The number of carbonyl (C=O) groups excluding carboxylic acids is 1. The molecule has 6 nitrogen and oxygen atoms in total. The van der Waals surface area contributed by atoms with E-state index in [9.17, 15) is 13.2 Å². The molecule has 1 heterocycles. The van der Waals surface area contributed by atoms with Gasteiger partial charge < -0.3 is 16.4 Å². The third kappa shape index (κ3) is 3.41. The summed E-state index contributed by atoms with van der Waals surface area (Å²) in [4.78, 5) is 12.0. The second-order valence-corrected chi connectivity index (χ2v) is 7.14. The molecule has 0 radical (unpaired) electrons. The lowest BCUT2D eigenvalue weighted by Gasteiger charge is -2.16. The lowest BCUT2D eigenvalue weighted by atomic mass is 10.1. The van der Waals surface area contributed by atoms with Gasteiger partial charge in [0, 0.05) is 24.0 Å². The molecule has 0 aliphatic carbocycles. The van der Waals surface area contributed by atoms with Crippen molar-refractivity contribution in [2.75, 3.05) is 29.1 Å². The fourth-order valence-electron chi connectivity index (χ4n) is 2.26. The molecule has 1 unspecified atom stereocenters. The van der Waals surface area contributed by atoms with Gasteiger partial charge in [-0.15, -0.1) is 0 Å². The quantitative estimate of drug-likeness (QED) is 0.707. The Morgan fingerprint density at radius 1 is 1.45 bits per heavy atom. The van der Waals surface area contributed by atoms with Crippen LogP contribution in [-0.2, 0) is 9.84 Å². The van der Waals surface area contributed by atoms with Gasteiger partial charge in [0.05, 0.1) is 17.1 Å². The summed E-state index contributed by atoms with van der Waals surface area (Å²) in [6.07, 6.45) is 0.548. The summed E-state index contributed by atoms with van der Waals surface area (Å²) in [5.41, 5.74) is 7.33. The summed E-state index contributed by atoms with van der Waals surface area (Å²) in [6.45, 7) is 2.37. The molecule has 0 saturated carbocycles. The minimum Gasteiger partial charge on any atom is -0.399 e. The minimum absolute atomic E-state index is 0.0939. The van der Waals surface area contributed by atoms with Gasteiger partial charge in [0.25, 0.3) is 5.91 Å². The summed E-state index contributed by atoms with van der Waals surface area (Å²) >= 11 is 0. The van der Waals surface area contributed by atoms with Crippen LogP contribution in [0, 0.1) is 0 Å². The predicted octanol–water partition coefficient (Wildman–Crippen LogP) is 0.617. The van der Waals surface area contributed by atoms with E-state index in [1.165, 1.54) is 0 Å². The Bertz CT molecular complexity index is 613. The van der Waals surface area contributed by atoms with E-state index in [-0.39, 0.29) is 23.5 Å². The largest absolute Gasteiger partial charge is 0.399 e. The van der Waals surface area contributed by atoms with E-state index >= 15 is 0 Å². The number of carbonyl (C=O) groups is 1. The zero-order valence-electron chi connectivity index (χ0n) is 11.3. The van der Waals surface area contributed by atoms with Gasteiger partial charge in [-0.1, -0.05) is 0 Å². The van der Waals surface area contributed by atoms with Crippen LogP contribution in [-0.4, -0.2) is 38.4 Å². The highest BCUT2D eigenvalue weighted by Crippen LogP contribution is 2.23. The van der Waals surface area contributed by atoms with Crippen LogP contribution in [0.4, 0.5) is 11.4 Å². The maximum Gasteiger partial charge on any atom is 0.253 e. The Hall–Kier alpha value is -1.76. The Labute approximate surface area is 118 Å². The molecule has 4 N–H and O–H groups in total. The molecule has 1 aromatic rings. The molecule has 110 valence electrons. The molecule has 2 rings (SSSR count). The fourth-order valence-corrected chi connectivity index (χ4v) is 3.94. The van der Waals surface area contributed by atoms with Crippen LogP contribution in [0.3, 0.4) is 0 Å². The topological polar surface area (TPSA) is 101 Å². The summed E-state index contributed by atoms with van der Waals surface area (Å²) < 4.78 is 23.0. The van der Waals surface area contributed by atoms with Crippen molar-refractivity contribution in [3.8, 4) is 0 Å². The van der Waals surface area contributed by atoms with E-state index in [1.54, 1.807) is 18.2 Å². The van der Waals surface area contributed by atoms with Crippen molar-refractivity contribution in [3.63, 3.8) is 0 Å². The SMILES string of the molecule is CCNC(=O)c1ccc(N)cc1NC1CCS(=O)(=O)C1. The highest BCUT2D eigenvalue weighted by Gasteiger charge is 2.28. The molecule has 1 aliphatic heterocycles. The number of sulfone groups is 1. The Morgan fingerprint density at radius 3 is 2.80 bits per heavy atom. The lowest BCUT2D eigenvalue weighted by molar-refractivity contribution is 0.0956. The number of nitrogens with one attached hydrogen (secondary N) is 2. The number of hydrogen-bond acceptors (Lipinski definition) is 5. The van der Waals surface area contributed by atoms with Gasteiger partial charge >= 0.3 is 0 Å². The van der Waals surface area contributed by atoms with Crippen molar-refractivity contribution in [1.29, 1.82) is 0 Å². The number of nitrogen functional groups attached to an aromatic ring is 1. The first-order valence-electron chi connectivity index (χ1n) is 6.56. The highest BCUT2D eigenvalue weighted by atomic mass is 32.2. The van der Waals surface area contributed by atoms with Crippen molar-refractivity contribution in [2.45, 2.75) is 19.4 Å². The van der Waals surface area contributed by atoms with E-state index in [4.69, 9.17) is 5.73 Å². The fraction of sp³-hybridized carbons (Fsp3) is 0.462. The highest BCUT2D eigenvalue weighted by molar-refractivity contribution is 7.91. The minimum atomic E-state index is -2.96. The van der Waals surface area contributed by atoms with Gasteiger partial charge in [-0.05, 0) is 31.5 Å². The van der Waals surface area contributed by atoms with E-state index in [1.807, 2.05) is 6.92 Å². The molecule has 1 fully saturated rings. The third-order valence-electron chi connectivity index (χ3n) is 3.22. The zero-order valence-corrected chi connectivity index (χ0v) is 12.2. The number of amides is 1. The molecule has 1 amide bonds. The van der Waals surface area contributed by atoms with Gasteiger partial charge in [0.2, 0.25) is 0 Å². The molecule has 1 aromatic carbocycles. The van der Waals surface area contributed by atoms with E-state index in [2.05, 4.69) is 10.6 Å². The van der Waals surface area contributed by atoms with Crippen LogP contribution in [0.25, 0.3) is 0 Å². The van der Waals surface area contributed by atoms with Gasteiger partial charge in [0.15, 0.2) is 9.84 Å². The molecule has 20 heavy (non-hydrogen) atoms.